The van der Waals surface area contributed by atoms with E-state index < -0.39 is 5.54 Å². The summed E-state index contributed by atoms with van der Waals surface area (Å²) >= 11 is 7.39. The van der Waals surface area contributed by atoms with Crippen LogP contribution in [0, 0.1) is 13.1 Å². The molecule has 0 aliphatic carbocycles. The summed E-state index contributed by atoms with van der Waals surface area (Å²) in [5.41, 5.74) is 10.4. The maximum absolute atomic E-state index is 7.28. The molecule has 262 valence electrons. The van der Waals surface area contributed by atoms with Gasteiger partial charge in [-0.05, 0) is 87.6 Å². The molecule has 0 aromatic heterocycles. The second-order valence-corrected chi connectivity index (χ2v) is 14.1. The summed E-state index contributed by atoms with van der Waals surface area (Å²) in [6.07, 6.45) is 1.39. The molecule has 0 N–H and O–H groups in total. The van der Waals surface area contributed by atoms with Gasteiger partial charge >= 0.3 is 0 Å². The van der Waals surface area contributed by atoms with Crippen LogP contribution in [-0.2, 0) is 5.54 Å². The van der Waals surface area contributed by atoms with Gasteiger partial charge in [0.2, 0.25) is 0 Å². The first-order chi connectivity index (χ1) is 26.4. The van der Waals surface area contributed by atoms with Crippen molar-refractivity contribution in [3.8, 4) is 33.8 Å². The van der Waals surface area contributed by atoms with Gasteiger partial charge in [-0.15, -0.1) is 0 Å². The van der Waals surface area contributed by atoms with Crippen LogP contribution in [0.5, 0.6) is 11.5 Å². The van der Waals surface area contributed by atoms with Gasteiger partial charge in [0.1, 0.15) is 29.2 Å². The number of hydrogen-bond acceptors (Lipinski definition) is 4. The minimum Gasteiger partial charge on any atom is -0.485 e. The molecule has 0 saturated heterocycles. The summed E-state index contributed by atoms with van der Waals surface area (Å²) in [5.74, 6) is 1.69. The number of benzene rings is 6. The Morgan fingerprint density at radius 3 is 1.80 bits per heavy atom. The highest BCUT2D eigenvalue weighted by Crippen LogP contribution is 2.49. The monoisotopic (exact) mass is 831 g/mol. The molecule has 2 heterocycles. The number of rotatable bonds is 6. The van der Waals surface area contributed by atoms with Crippen LogP contribution in [0.25, 0.3) is 37.5 Å². The van der Waals surface area contributed by atoms with Crippen LogP contribution in [-0.4, -0.2) is 9.59 Å². The normalized spacial score (nSPS) is 18.0. The first-order valence-electron chi connectivity index (χ1n) is 17.4. The summed E-state index contributed by atoms with van der Waals surface area (Å²) in [6, 6.07) is 48.1. The van der Waals surface area contributed by atoms with E-state index in [1.54, 1.807) is 0 Å². The van der Waals surface area contributed by atoms with Gasteiger partial charge in [-0.3, -0.25) is 0 Å². The lowest BCUT2D eigenvalue weighted by Crippen LogP contribution is -2.34. The van der Waals surface area contributed by atoms with Crippen molar-refractivity contribution in [1.82, 2.24) is 0 Å². The molecule has 0 amide bonds. The number of isothiocyanates is 1. The first kappa shape index (κ1) is 36.5. The third-order valence-electron chi connectivity index (χ3n) is 9.78. The molecule has 0 bridgehead atoms. The Kier molecular flexibility index (Phi) is 11.1. The van der Waals surface area contributed by atoms with Crippen molar-refractivity contribution in [1.29, 1.82) is 0 Å². The molecule has 0 radical (unpaired) electrons. The molecule has 5 nitrogen and oxygen atoms in total. The molecule has 0 spiro atoms. The number of thiocarbonyl (C=S) groups is 1. The van der Waals surface area contributed by atoms with E-state index >= 15 is 0 Å². The summed E-state index contributed by atoms with van der Waals surface area (Å²) in [5, 5.41) is 2.63. The van der Waals surface area contributed by atoms with Crippen LogP contribution in [0.3, 0.4) is 0 Å². The Hall–Kier alpha value is -5.83. The van der Waals surface area contributed by atoms with Crippen molar-refractivity contribution in [2.24, 2.45) is 4.99 Å². The van der Waals surface area contributed by atoms with Crippen LogP contribution in [0.1, 0.15) is 47.3 Å². The molecule has 3 unspecified atom stereocenters. The highest BCUT2D eigenvalue weighted by molar-refractivity contribution is 14.1. The van der Waals surface area contributed by atoms with Gasteiger partial charge in [0.05, 0.1) is 18.3 Å². The van der Waals surface area contributed by atoms with Crippen LogP contribution in [0.15, 0.2) is 157 Å². The van der Waals surface area contributed by atoms with E-state index in [0.29, 0.717) is 17.8 Å². The molecule has 0 fully saturated rings. The highest BCUT2D eigenvalue weighted by atomic mass is 127. The molecule has 8 rings (SSSR count). The van der Waals surface area contributed by atoms with E-state index in [1.807, 2.05) is 109 Å². The lowest BCUT2D eigenvalue weighted by atomic mass is 9.81. The summed E-state index contributed by atoms with van der Waals surface area (Å²) < 4.78 is 13.4. The maximum Gasteiger partial charge on any atom is 0.187 e. The van der Waals surface area contributed by atoms with Crippen molar-refractivity contribution in [2.45, 2.75) is 30.6 Å². The minimum atomic E-state index is -0.496. The van der Waals surface area contributed by atoms with Gasteiger partial charge in [0.25, 0.3) is 0 Å². The van der Waals surface area contributed by atoms with E-state index in [4.69, 9.17) is 34.8 Å². The van der Waals surface area contributed by atoms with Gasteiger partial charge < -0.3 is 9.47 Å². The topological polar surface area (TPSA) is 39.5 Å². The summed E-state index contributed by atoms with van der Waals surface area (Å²) in [6.45, 7) is 18.7. The predicted molar refractivity (Wildman–Crippen MR) is 230 cm³/mol. The maximum atomic E-state index is 7.28. The van der Waals surface area contributed by atoms with Crippen molar-refractivity contribution < 1.29 is 9.47 Å². The number of ether oxygens (including phenoxy) is 2. The van der Waals surface area contributed by atoms with E-state index in [2.05, 4.69) is 85.4 Å². The summed E-state index contributed by atoms with van der Waals surface area (Å²) in [4.78, 5) is 11.7. The molecule has 0 saturated carbocycles. The van der Waals surface area contributed by atoms with Crippen molar-refractivity contribution >= 4 is 56.9 Å². The Balaban J connectivity index is 0.000000168. The van der Waals surface area contributed by atoms with Crippen LogP contribution >= 0.6 is 34.8 Å². The fourth-order valence-corrected chi connectivity index (χ4v) is 8.04. The number of nitrogens with zero attached hydrogens (tertiary/aromatic N) is 3. The number of fused-ring (bicyclic) bond motifs is 2. The second-order valence-electron chi connectivity index (χ2n) is 13.2. The largest absolute Gasteiger partial charge is 0.485 e. The van der Waals surface area contributed by atoms with E-state index in [0.717, 1.165) is 66.9 Å². The predicted octanol–water partition coefficient (Wildman–Crippen LogP) is 13.6. The zero-order valence-corrected chi connectivity index (χ0v) is 32.3. The number of hydrogen-bond donors (Lipinski definition) is 0. The molecular formula is C47H34IN3O2S. The molecule has 6 aromatic carbocycles. The molecule has 6 aromatic rings. The van der Waals surface area contributed by atoms with Crippen molar-refractivity contribution in [3.63, 3.8) is 0 Å². The number of aliphatic imine (C=N–C) groups is 1. The zero-order chi connectivity index (χ0) is 37.5. The zero-order valence-electron chi connectivity index (χ0n) is 29.3. The quantitative estimate of drug-likeness (QED) is 0.0552. The first-order valence-corrected chi connectivity index (χ1v) is 19.4. The molecule has 3 atom stereocenters. The molecule has 2 aliphatic rings. The van der Waals surface area contributed by atoms with Crippen LogP contribution in [0.2, 0.25) is 0 Å². The summed E-state index contributed by atoms with van der Waals surface area (Å²) in [7, 11) is 0. The smallest absolute Gasteiger partial charge is 0.187 e. The Bertz CT molecular complexity index is 2470. The van der Waals surface area contributed by atoms with Gasteiger partial charge in [-0.25, -0.2) is 14.7 Å². The molecular weight excluding hydrogens is 798 g/mol. The van der Waals surface area contributed by atoms with E-state index in [9.17, 15) is 0 Å². The van der Waals surface area contributed by atoms with Gasteiger partial charge in [-0.1, -0.05) is 138 Å². The lowest BCUT2D eigenvalue weighted by molar-refractivity contribution is 0.135. The highest BCUT2D eigenvalue weighted by Gasteiger charge is 2.42. The average molecular weight is 832 g/mol. The lowest BCUT2D eigenvalue weighted by Gasteiger charge is -2.38. The standard InChI is InChI=1S/C24H17IN2OS.C23H17NO/c1-26-20-9-5-8-18(12-20)19-10-11-22-21(13-19)24(15-25,27-16-29)14-23(28-22)17-6-3-2-4-7-17;1-16-13-23(17-7-4-3-5-8-17)25-22-12-11-19(15-21(16)22)18-9-6-10-20(14-18)24-2/h2-13,23H,14-15H2;3-12,14-15,23H,1,13H2. The fraction of sp³-hybridized carbons (Fsp3) is 0.128. The van der Waals surface area contributed by atoms with Crippen molar-refractivity contribution in [3.05, 3.63) is 197 Å². The van der Waals surface area contributed by atoms with Gasteiger partial charge in [0.15, 0.2) is 11.4 Å². The second kappa shape index (κ2) is 16.5. The molecule has 54 heavy (non-hydrogen) atoms. The molecule has 7 heteroatoms. The van der Waals surface area contributed by atoms with E-state index in [1.165, 1.54) is 5.56 Å². The Labute approximate surface area is 335 Å². The molecule has 2 aliphatic heterocycles. The Morgan fingerprint density at radius 2 is 1.22 bits per heavy atom. The van der Waals surface area contributed by atoms with Crippen LogP contribution in [0.4, 0.5) is 11.4 Å². The van der Waals surface area contributed by atoms with Crippen molar-refractivity contribution in [2.75, 3.05) is 4.43 Å². The fourth-order valence-electron chi connectivity index (χ4n) is 6.97. The minimum absolute atomic E-state index is 0.0116. The number of alkyl halides is 1. The van der Waals surface area contributed by atoms with Gasteiger partial charge in [0, 0.05) is 28.4 Å². The average Bonchev–Trinajstić information content (AvgIpc) is 3.24. The Morgan fingerprint density at radius 1 is 0.685 bits per heavy atom. The third-order valence-corrected chi connectivity index (χ3v) is 11.1. The van der Waals surface area contributed by atoms with E-state index in [-0.39, 0.29) is 12.2 Å². The third kappa shape index (κ3) is 7.76. The van der Waals surface area contributed by atoms with Crippen LogP contribution < -0.4 is 9.47 Å². The van der Waals surface area contributed by atoms with Gasteiger partial charge in [-0.2, -0.15) is 0 Å². The SMILES string of the molecule is [C-]#[N+]c1cccc(-c2ccc3c(c2)C(=C)CC(c2ccccc2)O3)c1.[C-]#[N+]c1cccc(-c2ccc3c(c2)C(CI)(N=C=S)CC(c2ccccc2)O3)c1. The number of halogens is 1.